The first kappa shape index (κ1) is 15.4. The third-order valence-electron chi connectivity index (χ3n) is 3.26. The van der Waals surface area contributed by atoms with Crippen molar-refractivity contribution in [3.05, 3.63) is 59.0 Å². The molecule has 3 aromatic rings. The van der Waals surface area contributed by atoms with Crippen molar-refractivity contribution in [3.8, 4) is 11.5 Å². The minimum Gasteiger partial charge on any atom is -0.462 e. The summed E-state index contributed by atoms with van der Waals surface area (Å²) in [7, 11) is 0. The molecule has 0 unspecified atom stereocenters. The number of benzene rings is 2. The van der Waals surface area contributed by atoms with Gasteiger partial charge in [-0.2, -0.15) is 0 Å². The molecule has 6 heteroatoms. The van der Waals surface area contributed by atoms with Crippen LogP contribution in [0.4, 0.5) is 4.39 Å². The molecule has 0 radical (unpaired) electrons. The molecule has 4 nitrogen and oxygen atoms in total. The van der Waals surface area contributed by atoms with E-state index in [-0.39, 0.29) is 17.9 Å². The van der Waals surface area contributed by atoms with Gasteiger partial charge in [0.1, 0.15) is 22.9 Å². The molecule has 1 heterocycles. The highest BCUT2D eigenvalue weighted by atomic mass is 35.5. The van der Waals surface area contributed by atoms with Crippen LogP contribution >= 0.6 is 11.6 Å². The summed E-state index contributed by atoms with van der Waals surface area (Å²) in [5.74, 6) is -0.719. The Morgan fingerprint density at radius 1 is 1.22 bits per heavy atom. The van der Waals surface area contributed by atoms with Crippen LogP contribution in [0.5, 0.6) is 11.5 Å². The van der Waals surface area contributed by atoms with Crippen LogP contribution in [0, 0.1) is 5.82 Å². The number of carbonyl (C=O) groups is 1. The quantitative estimate of drug-likeness (QED) is 0.689. The van der Waals surface area contributed by atoms with Gasteiger partial charge in [-0.05, 0) is 37.3 Å². The zero-order valence-corrected chi connectivity index (χ0v) is 13.0. The number of carbonyl (C=O) groups excluding carboxylic acids is 1. The van der Waals surface area contributed by atoms with Crippen LogP contribution < -0.4 is 4.74 Å². The van der Waals surface area contributed by atoms with Crippen LogP contribution in [-0.4, -0.2) is 17.6 Å². The number of H-pyrrole nitrogens is 1. The van der Waals surface area contributed by atoms with Crippen molar-refractivity contribution in [1.29, 1.82) is 0 Å². The molecule has 0 aliphatic rings. The summed E-state index contributed by atoms with van der Waals surface area (Å²) in [6, 6.07) is 8.91. The highest BCUT2D eigenvalue weighted by molar-refractivity contribution is 6.32. The van der Waals surface area contributed by atoms with E-state index in [1.54, 1.807) is 25.3 Å². The number of esters is 1. The van der Waals surface area contributed by atoms with Gasteiger partial charge in [0.2, 0.25) is 0 Å². The van der Waals surface area contributed by atoms with Crippen molar-refractivity contribution in [3.63, 3.8) is 0 Å². The van der Waals surface area contributed by atoms with Gasteiger partial charge in [-0.3, -0.25) is 0 Å². The predicted molar refractivity (Wildman–Crippen MR) is 85.7 cm³/mol. The molecule has 1 aromatic heterocycles. The smallest absolute Gasteiger partial charge is 0.341 e. The molecule has 23 heavy (non-hydrogen) atoms. The maximum atomic E-state index is 13.5. The Balaban J connectivity index is 2.01. The van der Waals surface area contributed by atoms with E-state index >= 15 is 0 Å². The van der Waals surface area contributed by atoms with Crippen LogP contribution in [0.3, 0.4) is 0 Å². The van der Waals surface area contributed by atoms with Gasteiger partial charge in [0, 0.05) is 23.2 Å². The lowest BCUT2D eigenvalue weighted by Gasteiger charge is -2.12. The molecular formula is C17H13ClFNO3. The van der Waals surface area contributed by atoms with Gasteiger partial charge in [-0.15, -0.1) is 0 Å². The summed E-state index contributed by atoms with van der Waals surface area (Å²) < 4.78 is 24.2. The Kier molecular flexibility index (Phi) is 4.21. The number of hydrogen-bond acceptors (Lipinski definition) is 3. The number of hydrogen-bond donors (Lipinski definition) is 1. The largest absolute Gasteiger partial charge is 0.462 e. The lowest BCUT2D eigenvalue weighted by Crippen LogP contribution is -2.06. The van der Waals surface area contributed by atoms with Crippen LogP contribution in [0.1, 0.15) is 17.3 Å². The monoisotopic (exact) mass is 333 g/mol. The molecule has 3 rings (SSSR count). The highest BCUT2D eigenvalue weighted by Crippen LogP contribution is 2.35. The Labute approximate surface area is 136 Å². The number of rotatable bonds is 4. The maximum Gasteiger partial charge on any atom is 0.341 e. The molecule has 118 valence electrons. The minimum absolute atomic E-state index is 0.0558. The standard InChI is InChI=1S/C17H13ClFNO3/c1-2-22-17(21)12-4-3-11(19)8-15(12)23-16-7-10-5-6-20-14(10)9-13(16)18/h3-9,20H,2H2,1H3. The van der Waals surface area contributed by atoms with Crippen molar-refractivity contribution < 1.29 is 18.7 Å². The van der Waals surface area contributed by atoms with E-state index in [9.17, 15) is 9.18 Å². The molecule has 0 aliphatic heterocycles. The van der Waals surface area contributed by atoms with Gasteiger partial charge in [-0.1, -0.05) is 11.6 Å². The third-order valence-corrected chi connectivity index (χ3v) is 3.56. The molecule has 0 saturated heterocycles. The lowest BCUT2D eigenvalue weighted by atomic mass is 10.2. The number of aromatic nitrogens is 1. The first-order chi connectivity index (χ1) is 11.1. The second-order valence-corrected chi connectivity index (χ2v) is 5.22. The Morgan fingerprint density at radius 3 is 2.83 bits per heavy atom. The fourth-order valence-electron chi connectivity index (χ4n) is 2.21. The van der Waals surface area contributed by atoms with E-state index in [0.29, 0.717) is 10.8 Å². The average Bonchev–Trinajstić information content (AvgIpc) is 2.95. The zero-order chi connectivity index (χ0) is 16.4. The Bertz CT molecular complexity index is 875. The molecule has 0 fully saturated rings. The lowest BCUT2D eigenvalue weighted by molar-refractivity contribution is 0.0523. The number of fused-ring (bicyclic) bond motifs is 1. The summed E-state index contributed by atoms with van der Waals surface area (Å²) in [5.41, 5.74) is 0.991. The number of ether oxygens (including phenoxy) is 2. The summed E-state index contributed by atoms with van der Waals surface area (Å²) in [5, 5.41) is 1.23. The molecule has 0 aliphatic carbocycles. The molecular weight excluding hydrogens is 321 g/mol. The average molecular weight is 334 g/mol. The van der Waals surface area contributed by atoms with Crippen LogP contribution in [-0.2, 0) is 4.74 Å². The van der Waals surface area contributed by atoms with E-state index in [0.717, 1.165) is 17.0 Å². The fraction of sp³-hybridized carbons (Fsp3) is 0.118. The van der Waals surface area contributed by atoms with Crippen molar-refractivity contribution in [2.75, 3.05) is 6.61 Å². The van der Waals surface area contributed by atoms with Gasteiger partial charge in [-0.25, -0.2) is 9.18 Å². The number of halogens is 2. The van der Waals surface area contributed by atoms with Gasteiger partial charge < -0.3 is 14.5 Å². The number of nitrogens with one attached hydrogen (secondary N) is 1. The number of aromatic amines is 1. The van der Waals surface area contributed by atoms with E-state index in [4.69, 9.17) is 21.1 Å². The van der Waals surface area contributed by atoms with Crippen molar-refractivity contribution in [2.24, 2.45) is 0 Å². The van der Waals surface area contributed by atoms with Gasteiger partial charge in [0.05, 0.1) is 11.6 Å². The summed E-state index contributed by atoms with van der Waals surface area (Å²) in [6.07, 6.45) is 1.77. The van der Waals surface area contributed by atoms with Gasteiger partial charge >= 0.3 is 5.97 Å². The highest BCUT2D eigenvalue weighted by Gasteiger charge is 2.17. The fourth-order valence-corrected chi connectivity index (χ4v) is 2.41. The topological polar surface area (TPSA) is 51.3 Å². The van der Waals surface area contributed by atoms with E-state index in [2.05, 4.69) is 4.98 Å². The van der Waals surface area contributed by atoms with E-state index in [1.807, 2.05) is 6.07 Å². The molecule has 0 atom stereocenters. The summed E-state index contributed by atoms with van der Waals surface area (Å²) >= 11 is 6.19. The van der Waals surface area contributed by atoms with Crippen LogP contribution in [0.15, 0.2) is 42.6 Å². The second kappa shape index (κ2) is 6.30. The van der Waals surface area contributed by atoms with Crippen molar-refractivity contribution in [1.82, 2.24) is 4.98 Å². The van der Waals surface area contributed by atoms with Gasteiger partial charge in [0.25, 0.3) is 0 Å². The molecule has 2 aromatic carbocycles. The normalized spacial score (nSPS) is 10.7. The summed E-state index contributed by atoms with van der Waals surface area (Å²) in [6.45, 7) is 1.91. The van der Waals surface area contributed by atoms with E-state index in [1.165, 1.54) is 12.1 Å². The van der Waals surface area contributed by atoms with Gasteiger partial charge in [0.15, 0.2) is 0 Å². The second-order valence-electron chi connectivity index (χ2n) is 4.81. The maximum absolute atomic E-state index is 13.5. The molecule has 1 N–H and O–H groups in total. The Hall–Kier alpha value is -2.53. The Morgan fingerprint density at radius 2 is 2.04 bits per heavy atom. The van der Waals surface area contributed by atoms with Crippen molar-refractivity contribution in [2.45, 2.75) is 6.92 Å². The SMILES string of the molecule is CCOC(=O)c1ccc(F)cc1Oc1cc2cc[nH]c2cc1Cl. The van der Waals surface area contributed by atoms with E-state index < -0.39 is 11.8 Å². The molecule has 0 amide bonds. The molecule has 0 bridgehead atoms. The predicted octanol–water partition coefficient (Wildman–Crippen LogP) is 4.93. The van der Waals surface area contributed by atoms with Crippen LogP contribution in [0.25, 0.3) is 10.9 Å². The molecule has 0 spiro atoms. The molecule has 0 saturated carbocycles. The first-order valence-corrected chi connectivity index (χ1v) is 7.37. The third kappa shape index (κ3) is 3.14. The van der Waals surface area contributed by atoms with Crippen molar-refractivity contribution >= 4 is 28.5 Å². The first-order valence-electron chi connectivity index (χ1n) is 6.99. The zero-order valence-electron chi connectivity index (χ0n) is 12.2. The minimum atomic E-state index is -0.582. The summed E-state index contributed by atoms with van der Waals surface area (Å²) in [4.78, 5) is 15.0. The van der Waals surface area contributed by atoms with Crippen LogP contribution in [0.2, 0.25) is 5.02 Å².